The third-order valence-corrected chi connectivity index (χ3v) is 4.64. The number of nitrogens with one attached hydrogen (secondary N) is 1. The maximum absolute atomic E-state index is 12.1. The molecule has 0 aliphatic carbocycles. The van der Waals surface area contributed by atoms with Gasteiger partial charge in [-0.15, -0.1) is 0 Å². The number of ether oxygens (including phenoxy) is 2. The van der Waals surface area contributed by atoms with Crippen molar-refractivity contribution in [3.05, 3.63) is 59.7 Å². The van der Waals surface area contributed by atoms with Crippen LogP contribution in [0, 0.1) is 0 Å². The first kappa shape index (κ1) is 21.0. The Labute approximate surface area is 173 Å². The van der Waals surface area contributed by atoms with Gasteiger partial charge in [-0.25, -0.2) is 4.79 Å². The molecule has 1 saturated heterocycles. The number of rotatable bonds is 8. The minimum absolute atomic E-state index is 0.191. The zero-order valence-electron chi connectivity index (χ0n) is 16.6. The average Bonchev–Trinajstić information content (AvgIpc) is 3.10. The Morgan fingerprint density at radius 2 is 1.60 bits per heavy atom. The van der Waals surface area contributed by atoms with E-state index in [0.29, 0.717) is 18.7 Å². The first-order valence-corrected chi connectivity index (χ1v) is 9.50. The highest BCUT2D eigenvalue weighted by molar-refractivity contribution is 6.19. The Kier molecular flexibility index (Phi) is 6.79. The molecule has 0 atom stereocenters. The van der Waals surface area contributed by atoms with Crippen LogP contribution in [0.3, 0.4) is 0 Å². The van der Waals surface area contributed by atoms with Crippen LogP contribution in [0.15, 0.2) is 48.5 Å². The first-order valence-electron chi connectivity index (χ1n) is 9.50. The Morgan fingerprint density at radius 1 is 0.967 bits per heavy atom. The summed E-state index contributed by atoms with van der Waals surface area (Å²) in [7, 11) is 1.60. The van der Waals surface area contributed by atoms with Crippen LogP contribution in [0.1, 0.15) is 28.8 Å². The molecule has 0 saturated carbocycles. The number of amides is 3. The molecule has 0 aromatic heterocycles. The highest BCUT2D eigenvalue weighted by Gasteiger charge is 2.30. The van der Waals surface area contributed by atoms with E-state index in [-0.39, 0.29) is 30.2 Å². The van der Waals surface area contributed by atoms with Crippen molar-refractivity contribution in [3.63, 3.8) is 0 Å². The molecule has 0 unspecified atom stereocenters. The molecule has 1 N–H and O–H groups in total. The number of carbonyl (C=O) groups excluding carboxylic acids is 4. The van der Waals surface area contributed by atoms with Crippen LogP contribution in [0.2, 0.25) is 0 Å². The molecule has 0 spiro atoms. The second-order valence-electron chi connectivity index (χ2n) is 6.69. The van der Waals surface area contributed by atoms with Gasteiger partial charge in [0.25, 0.3) is 5.91 Å². The lowest BCUT2D eigenvalue weighted by Gasteiger charge is -2.14. The van der Waals surface area contributed by atoms with Gasteiger partial charge in [-0.1, -0.05) is 12.1 Å². The SMILES string of the molecule is COc1ccc(CCNC(=O)COC(=O)c2ccc(N3C(=O)CCC3=O)cc2)cc1. The summed E-state index contributed by atoms with van der Waals surface area (Å²) in [5.41, 5.74) is 1.68. The van der Waals surface area contributed by atoms with Gasteiger partial charge in [0, 0.05) is 19.4 Å². The van der Waals surface area contributed by atoms with Crippen LogP contribution >= 0.6 is 0 Å². The molecule has 1 aliphatic heterocycles. The van der Waals surface area contributed by atoms with Gasteiger partial charge in [-0.2, -0.15) is 0 Å². The van der Waals surface area contributed by atoms with E-state index in [9.17, 15) is 19.2 Å². The molecule has 0 radical (unpaired) electrons. The summed E-state index contributed by atoms with van der Waals surface area (Å²) < 4.78 is 10.1. The van der Waals surface area contributed by atoms with Crippen molar-refractivity contribution in [2.75, 3.05) is 25.2 Å². The van der Waals surface area contributed by atoms with Crippen molar-refractivity contribution in [2.45, 2.75) is 19.3 Å². The molecular formula is C22H22N2O6. The van der Waals surface area contributed by atoms with Crippen molar-refractivity contribution >= 4 is 29.4 Å². The molecule has 8 heteroatoms. The smallest absolute Gasteiger partial charge is 0.338 e. The summed E-state index contributed by atoms with van der Waals surface area (Å²) in [6.45, 7) is 0.0155. The zero-order valence-corrected chi connectivity index (χ0v) is 16.6. The highest BCUT2D eigenvalue weighted by Crippen LogP contribution is 2.23. The topological polar surface area (TPSA) is 102 Å². The second kappa shape index (κ2) is 9.69. The molecule has 2 aromatic rings. The Morgan fingerprint density at radius 3 is 2.20 bits per heavy atom. The normalized spacial score (nSPS) is 13.3. The van der Waals surface area contributed by atoms with Gasteiger partial charge < -0.3 is 14.8 Å². The number of nitrogens with zero attached hydrogens (tertiary/aromatic N) is 1. The highest BCUT2D eigenvalue weighted by atomic mass is 16.5. The number of carbonyl (C=O) groups is 4. The lowest BCUT2D eigenvalue weighted by atomic mass is 10.1. The van der Waals surface area contributed by atoms with Gasteiger partial charge in [0.1, 0.15) is 5.75 Å². The predicted octanol–water partition coefficient (Wildman–Crippen LogP) is 1.86. The number of imide groups is 1. The maximum Gasteiger partial charge on any atom is 0.338 e. The number of hydrogen-bond donors (Lipinski definition) is 1. The molecule has 8 nitrogen and oxygen atoms in total. The molecule has 3 rings (SSSR count). The van der Waals surface area contributed by atoms with Crippen molar-refractivity contribution in [1.29, 1.82) is 0 Å². The maximum atomic E-state index is 12.1. The average molecular weight is 410 g/mol. The molecule has 1 heterocycles. The van der Waals surface area contributed by atoms with Gasteiger partial charge in [-0.3, -0.25) is 19.3 Å². The van der Waals surface area contributed by atoms with Gasteiger partial charge in [0.2, 0.25) is 11.8 Å². The van der Waals surface area contributed by atoms with Gasteiger partial charge in [0.15, 0.2) is 6.61 Å². The molecule has 0 bridgehead atoms. The van der Waals surface area contributed by atoms with E-state index in [1.807, 2.05) is 24.3 Å². The van der Waals surface area contributed by atoms with Crippen molar-refractivity contribution in [3.8, 4) is 5.75 Å². The Hall–Kier alpha value is -3.68. The van der Waals surface area contributed by atoms with E-state index in [1.54, 1.807) is 7.11 Å². The number of esters is 1. The van der Waals surface area contributed by atoms with E-state index in [4.69, 9.17) is 9.47 Å². The van der Waals surface area contributed by atoms with Gasteiger partial charge >= 0.3 is 5.97 Å². The number of benzene rings is 2. The fourth-order valence-electron chi connectivity index (χ4n) is 3.02. The van der Waals surface area contributed by atoms with Crippen molar-refractivity contribution in [2.24, 2.45) is 0 Å². The van der Waals surface area contributed by atoms with Crippen molar-refractivity contribution < 1.29 is 28.7 Å². The number of methoxy groups -OCH3 is 1. The Balaban J connectivity index is 1.42. The summed E-state index contributed by atoms with van der Waals surface area (Å²) in [6.07, 6.45) is 1.02. The van der Waals surface area contributed by atoms with Crippen LogP contribution in [0.25, 0.3) is 0 Å². The minimum atomic E-state index is -0.661. The van der Waals surface area contributed by atoms with E-state index in [1.165, 1.54) is 24.3 Å². The third kappa shape index (κ3) is 5.22. The zero-order chi connectivity index (χ0) is 21.5. The minimum Gasteiger partial charge on any atom is -0.497 e. The van der Waals surface area contributed by atoms with E-state index in [0.717, 1.165) is 16.2 Å². The van der Waals surface area contributed by atoms with Crippen LogP contribution in [-0.4, -0.2) is 44.0 Å². The lowest BCUT2D eigenvalue weighted by molar-refractivity contribution is -0.124. The largest absolute Gasteiger partial charge is 0.497 e. The van der Waals surface area contributed by atoms with Crippen molar-refractivity contribution in [1.82, 2.24) is 5.32 Å². The summed E-state index contributed by atoms with van der Waals surface area (Å²) in [6, 6.07) is 13.4. The Bertz CT molecular complexity index is 921. The van der Waals surface area contributed by atoms with E-state index in [2.05, 4.69) is 5.32 Å². The molecule has 3 amide bonds. The van der Waals surface area contributed by atoms with E-state index >= 15 is 0 Å². The fraction of sp³-hybridized carbons (Fsp3) is 0.273. The predicted molar refractivity (Wildman–Crippen MR) is 108 cm³/mol. The monoisotopic (exact) mass is 410 g/mol. The third-order valence-electron chi connectivity index (χ3n) is 4.64. The number of hydrogen-bond acceptors (Lipinski definition) is 6. The summed E-state index contributed by atoms with van der Waals surface area (Å²) in [5.74, 6) is -0.822. The van der Waals surface area contributed by atoms with Gasteiger partial charge in [-0.05, 0) is 48.4 Å². The molecular weight excluding hydrogens is 388 g/mol. The molecule has 1 aliphatic rings. The molecule has 1 fully saturated rings. The quantitative estimate of drug-likeness (QED) is 0.527. The molecule has 2 aromatic carbocycles. The lowest BCUT2D eigenvalue weighted by Crippen LogP contribution is -2.30. The first-order chi connectivity index (χ1) is 14.5. The van der Waals surface area contributed by atoms with Crippen LogP contribution in [0.4, 0.5) is 5.69 Å². The standard InChI is InChI=1S/C22H22N2O6/c1-29-18-8-2-15(3-9-18)12-13-23-19(25)14-30-22(28)16-4-6-17(7-5-16)24-20(26)10-11-21(24)27/h2-9H,10-14H2,1H3,(H,23,25). The van der Waals surface area contributed by atoms with E-state index < -0.39 is 18.5 Å². The fourth-order valence-corrected chi connectivity index (χ4v) is 3.02. The van der Waals surface area contributed by atoms with Gasteiger partial charge in [0.05, 0.1) is 18.4 Å². The summed E-state index contributed by atoms with van der Waals surface area (Å²) >= 11 is 0. The van der Waals surface area contributed by atoms with Crippen LogP contribution in [-0.2, 0) is 25.5 Å². The molecule has 30 heavy (non-hydrogen) atoms. The summed E-state index contributed by atoms with van der Waals surface area (Å²) in [4.78, 5) is 48.6. The second-order valence-corrected chi connectivity index (χ2v) is 6.69. The van der Waals surface area contributed by atoms with Crippen LogP contribution < -0.4 is 15.0 Å². The molecule has 156 valence electrons. The number of anilines is 1. The summed E-state index contributed by atoms with van der Waals surface area (Å²) in [5, 5.41) is 2.69. The van der Waals surface area contributed by atoms with Crippen LogP contribution in [0.5, 0.6) is 5.75 Å².